The number of hydrogen-bond acceptors (Lipinski definition) is 4. The van der Waals surface area contributed by atoms with E-state index in [0.717, 1.165) is 83.4 Å². The Morgan fingerprint density at radius 2 is 1.84 bits per heavy atom. The summed E-state index contributed by atoms with van der Waals surface area (Å²) in [5, 5.41) is 0. The molecule has 5 nitrogen and oxygen atoms in total. The summed E-state index contributed by atoms with van der Waals surface area (Å²) in [4.78, 5) is 15.8. The molecule has 2 heterocycles. The standard InChI is InChI=1S/C26H35FN2O3/c27-14-20(15-28)16-32-22-4-2-21(3-5-22)25-6-1-7-26(17-25,9-8-25)23(30)29-18-24(19-29)10-12-31-13-11-24/h2-5,14H,1,6-13,15-19,28H2/b20-14+. The van der Waals surface area contributed by atoms with E-state index in [9.17, 15) is 9.18 Å². The van der Waals surface area contributed by atoms with Crippen LogP contribution < -0.4 is 10.5 Å². The molecule has 2 bridgehead atoms. The molecule has 6 heteroatoms. The lowest BCUT2D eigenvalue weighted by Crippen LogP contribution is -2.63. The normalized spacial score (nSPS) is 31.4. The van der Waals surface area contributed by atoms with Gasteiger partial charge in [-0.3, -0.25) is 4.79 Å². The van der Waals surface area contributed by atoms with E-state index in [1.54, 1.807) is 0 Å². The van der Waals surface area contributed by atoms with Crippen LogP contribution in [0.15, 0.2) is 36.2 Å². The fraction of sp³-hybridized carbons (Fsp3) is 0.654. The maximum absolute atomic E-state index is 13.6. The first-order chi connectivity index (χ1) is 15.5. The van der Waals surface area contributed by atoms with Gasteiger partial charge in [-0.05, 0) is 68.1 Å². The summed E-state index contributed by atoms with van der Waals surface area (Å²) in [7, 11) is 0. The fourth-order valence-electron chi connectivity index (χ4n) is 6.75. The topological polar surface area (TPSA) is 64.8 Å². The molecule has 2 unspecified atom stereocenters. The molecule has 2 aliphatic heterocycles. The van der Waals surface area contributed by atoms with Gasteiger partial charge in [-0.2, -0.15) is 0 Å². The number of ether oxygens (including phenoxy) is 2. The third-order valence-corrected chi connectivity index (χ3v) is 8.72. The van der Waals surface area contributed by atoms with Gasteiger partial charge in [0.2, 0.25) is 5.91 Å². The highest BCUT2D eigenvalue weighted by Gasteiger charge is 2.58. The smallest absolute Gasteiger partial charge is 0.228 e. The van der Waals surface area contributed by atoms with E-state index >= 15 is 0 Å². The second-order valence-corrected chi connectivity index (χ2v) is 10.6. The van der Waals surface area contributed by atoms with Crippen molar-refractivity contribution < 1.29 is 18.7 Å². The van der Waals surface area contributed by atoms with Gasteiger partial charge in [0, 0.05) is 43.8 Å². The van der Waals surface area contributed by atoms with Crippen LogP contribution in [0.4, 0.5) is 4.39 Å². The molecule has 2 atom stereocenters. The van der Waals surface area contributed by atoms with Gasteiger partial charge in [0.1, 0.15) is 12.4 Å². The van der Waals surface area contributed by atoms with E-state index in [4.69, 9.17) is 15.2 Å². The monoisotopic (exact) mass is 442 g/mol. The van der Waals surface area contributed by atoms with Gasteiger partial charge in [0.15, 0.2) is 0 Å². The Morgan fingerprint density at radius 3 is 2.53 bits per heavy atom. The molecule has 1 aromatic carbocycles. The molecule has 2 saturated heterocycles. The molecule has 2 saturated carbocycles. The van der Waals surface area contributed by atoms with E-state index < -0.39 is 0 Å². The van der Waals surface area contributed by atoms with E-state index in [-0.39, 0.29) is 24.0 Å². The van der Waals surface area contributed by atoms with Crippen molar-refractivity contribution in [3.05, 3.63) is 41.7 Å². The molecule has 2 N–H and O–H groups in total. The molecule has 2 aliphatic carbocycles. The summed E-state index contributed by atoms with van der Waals surface area (Å²) >= 11 is 0. The minimum Gasteiger partial charge on any atom is -0.489 e. The van der Waals surface area contributed by atoms with Crippen molar-refractivity contribution in [2.45, 2.75) is 56.8 Å². The number of carbonyl (C=O) groups is 1. The summed E-state index contributed by atoms with van der Waals surface area (Å²) in [6.45, 7) is 3.85. The number of halogens is 1. The van der Waals surface area contributed by atoms with Crippen LogP contribution in [-0.4, -0.2) is 50.3 Å². The molecule has 1 amide bonds. The van der Waals surface area contributed by atoms with Gasteiger partial charge < -0.3 is 20.1 Å². The van der Waals surface area contributed by atoms with Gasteiger partial charge in [-0.25, -0.2) is 4.39 Å². The maximum Gasteiger partial charge on any atom is 0.228 e. The second-order valence-electron chi connectivity index (χ2n) is 10.6. The molecule has 174 valence electrons. The number of benzene rings is 1. The molecule has 1 spiro atoms. The number of amides is 1. The van der Waals surface area contributed by atoms with Crippen LogP contribution in [0.1, 0.15) is 56.9 Å². The van der Waals surface area contributed by atoms with E-state index in [2.05, 4.69) is 17.0 Å². The first kappa shape index (κ1) is 21.9. The predicted molar refractivity (Wildman–Crippen MR) is 121 cm³/mol. The Morgan fingerprint density at radius 1 is 1.09 bits per heavy atom. The third kappa shape index (κ3) is 3.75. The lowest BCUT2D eigenvalue weighted by atomic mass is 9.64. The van der Waals surface area contributed by atoms with Crippen molar-refractivity contribution in [1.82, 2.24) is 4.90 Å². The van der Waals surface area contributed by atoms with E-state index in [1.165, 1.54) is 5.56 Å². The molecule has 32 heavy (non-hydrogen) atoms. The number of carbonyl (C=O) groups excluding carboxylic acids is 1. The first-order valence-corrected chi connectivity index (χ1v) is 12.1. The molecule has 1 aromatic rings. The number of nitrogens with zero attached hydrogens (tertiary/aromatic N) is 1. The Kier molecular flexibility index (Phi) is 5.79. The van der Waals surface area contributed by atoms with Crippen LogP contribution >= 0.6 is 0 Å². The Labute approximate surface area is 190 Å². The molecule has 0 radical (unpaired) electrons. The van der Waals surface area contributed by atoms with Gasteiger partial charge in [0.05, 0.1) is 11.7 Å². The maximum atomic E-state index is 13.6. The number of likely N-dealkylation sites (tertiary alicyclic amines) is 1. The van der Waals surface area contributed by atoms with Crippen molar-refractivity contribution >= 4 is 5.91 Å². The Bertz CT molecular complexity index is 872. The van der Waals surface area contributed by atoms with Crippen LogP contribution in [0, 0.1) is 10.8 Å². The minimum atomic E-state index is -0.178. The van der Waals surface area contributed by atoms with E-state index in [0.29, 0.717) is 23.2 Å². The zero-order valence-corrected chi connectivity index (χ0v) is 18.9. The van der Waals surface area contributed by atoms with Gasteiger partial charge in [-0.1, -0.05) is 18.6 Å². The quantitative estimate of drug-likeness (QED) is 0.720. The third-order valence-electron chi connectivity index (χ3n) is 8.72. The molecule has 4 aliphatic rings. The average Bonchev–Trinajstić information content (AvgIpc) is 3.10. The summed E-state index contributed by atoms with van der Waals surface area (Å²) in [6.07, 6.45) is 9.03. The van der Waals surface area contributed by atoms with Crippen molar-refractivity contribution in [2.24, 2.45) is 16.6 Å². The Balaban J connectivity index is 1.25. The summed E-state index contributed by atoms with van der Waals surface area (Å²) < 4.78 is 23.9. The minimum absolute atomic E-state index is 0.0922. The largest absolute Gasteiger partial charge is 0.489 e. The average molecular weight is 443 g/mol. The summed E-state index contributed by atoms with van der Waals surface area (Å²) in [5.74, 6) is 1.12. The van der Waals surface area contributed by atoms with Crippen molar-refractivity contribution in [3.63, 3.8) is 0 Å². The van der Waals surface area contributed by atoms with E-state index in [1.807, 2.05) is 12.1 Å². The van der Waals surface area contributed by atoms with Crippen LogP contribution in [0.3, 0.4) is 0 Å². The van der Waals surface area contributed by atoms with Crippen molar-refractivity contribution in [3.8, 4) is 5.75 Å². The first-order valence-electron chi connectivity index (χ1n) is 12.1. The van der Waals surface area contributed by atoms with Gasteiger partial charge in [0.25, 0.3) is 0 Å². The lowest BCUT2D eigenvalue weighted by Gasteiger charge is -2.54. The molecular weight excluding hydrogens is 407 g/mol. The highest BCUT2D eigenvalue weighted by Crippen LogP contribution is 2.61. The highest BCUT2D eigenvalue weighted by molar-refractivity contribution is 5.84. The van der Waals surface area contributed by atoms with Crippen LogP contribution in [0.2, 0.25) is 0 Å². The van der Waals surface area contributed by atoms with Crippen LogP contribution in [0.25, 0.3) is 0 Å². The van der Waals surface area contributed by atoms with Crippen molar-refractivity contribution in [1.29, 1.82) is 0 Å². The van der Waals surface area contributed by atoms with Gasteiger partial charge in [-0.15, -0.1) is 0 Å². The highest BCUT2D eigenvalue weighted by atomic mass is 19.1. The number of fused-ring (bicyclic) bond motifs is 2. The number of rotatable bonds is 6. The Hall–Kier alpha value is -1.92. The second kappa shape index (κ2) is 8.45. The molecule has 5 rings (SSSR count). The fourth-order valence-corrected chi connectivity index (χ4v) is 6.75. The van der Waals surface area contributed by atoms with Gasteiger partial charge >= 0.3 is 0 Å². The zero-order chi connectivity index (χ0) is 22.2. The zero-order valence-electron chi connectivity index (χ0n) is 18.9. The number of nitrogens with two attached hydrogens (primary N) is 1. The van der Waals surface area contributed by atoms with Crippen molar-refractivity contribution in [2.75, 3.05) is 39.5 Å². The summed E-state index contributed by atoms with van der Waals surface area (Å²) in [5.41, 5.74) is 7.48. The van der Waals surface area contributed by atoms with Crippen LogP contribution in [-0.2, 0) is 14.9 Å². The SMILES string of the molecule is NC/C(=C\F)COc1ccc(C23CCCC(C(=O)N4CC5(CCOCC5)C4)(CC2)C3)cc1. The molecular formula is C26H35FN2O3. The van der Waals surface area contributed by atoms with Crippen LogP contribution in [0.5, 0.6) is 5.75 Å². The summed E-state index contributed by atoms with van der Waals surface area (Å²) in [6, 6.07) is 8.22. The number of hydrogen-bond donors (Lipinski definition) is 1. The predicted octanol–water partition coefficient (Wildman–Crippen LogP) is 4.11. The molecule has 4 fully saturated rings. The molecule has 0 aromatic heterocycles. The lowest BCUT2D eigenvalue weighted by molar-refractivity contribution is -0.162.